The maximum absolute atomic E-state index is 6.04. The Morgan fingerprint density at radius 1 is 1.10 bits per heavy atom. The van der Waals surface area contributed by atoms with E-state index in [0.717, 1.165) is 38.6 Å². The fourth-order valence-electron chi connectivity index (χ4n) is 4.30. The molecule has 0 spiro atoms. The summed E-state index contributed by atoms with van der Waals surface area (Å²) in [7, 11) is 1.90. The quantitative estimate of drug-likeness (QED) is 0.434. The minimum Gasteiger partial charge on any atom is -0.373 e. The van der Waals surface area contributed by atoms with Crippen LogP contribution in [0.25, 0.3) is 0 Å². The summed E-state index contributed by atoms with van der Waals surface area (Å²) >= 11 is 1.97. The minimum atomic E-state index is 0.190. The molecular weight excluding hydrogens is 378 g/mol. The summed E-state index contributed by atoms with van der Waals surface area (Å²) in [5.74, 6) is 3.41. The first-order chi connectivity index (χ1) is 14.3. The first-order valence-electron chi connectivity index (χ1n) is 10.6. The molecule has 0 amide bonds. The third-order valence-electron chi connectivity index (χ3n) is 5.89. The van der Waals surface area contributed by atoms with Crippen molar-refractivity contribution in [3.05, 3.63) is 66.2 Å². The Balaban J connectivity index is 1.26. The number of ether oxygens (including phenoxy) is 1. The number of guanidine groups is 1. The van der Waals surface area contributed by atoms with Crippen molar-refractivity contribution in [1.82, 2.24) is 10.2 Å². The van der Waals surface area contributed by atoms with E-state index in [-0.39, 0.29) is 6.10 Å². The minimum absolute atomic E-state index is 0.190. The molecule has 0 aliphatic carbocycles. The van der Waals surface area contributed by atoms with E-state index in [4.69, 9.17) is 4.74 Å². The van der Waals surface area contributed by atoms with Gasteiger partial charge in [0, 0.05) is 49.9 Å². The van der Waals surface area contributed by atoms with E-state index in [2.05, 4.69) is 75.9 Å². The predicted molar refractivity (Wildman–Crippen MR) is 121 cm³/mol. The zero-order valence-corrected chi connectivity index (χ0v) is 18.0. The lowest BCUT2D eigenvalue weighted by molar-refractivity contribution is 0.0914. The molecule has 3 unspecified atom stereocenters. The number of hydrogen-bond donors (Lipinski definition) is 1. The van der Waals surface area contributed by atoms with Crippen LogP contribution < -0.4 is 5.32 Å². The number of likely N-dealkylation sites (tertiary alicyclic amines) is 1. The molecule has 4 rings (SSSR count). The van der Waals surface area contributed by atoms with Gasteiger partial charge in [0.05, 0.1) is 6.10 Å². The Morgan fingerprint density at radius 3 is 2.62 bits per heavy atom. The van der Waals surface area contributed by atoms with Crippen molar-refractivity contribution in [3.8, 4) is 0 Å². The van der Waals surface area contributed by atoms with Crippen LogP contribution in [-0.4, -0.2) is 49.9 Å². The van der Waals surface area contributed by atoms with Gasteiger partial charge in [-0.1, -0.05) is 48.5 Å². The van der Waals surface area contributed by atoms with Crippen molar-refractivity contribution in [2.75, 3.05) is 39.0 Å². The van der Waals surface area contributed by atoms with Gasteiger partial charge in [0.2, 0.25) is 0 Å². The van der Waals surface area contributed by atoms with Gasteiger partial charge in [-0.05, 0) is 36.5 Å². The van der Waals surface area contributed by atoms with E-state index in [1.807, 2.05) is 18.8 Å². The summed E-state index contributed by atoms with van der Waals surface area (Å²) in [5.41, 5.74) is 1.28. The third-order valence-corrected chi connectivity index (χ3v) is 7.13. The highest BCUT2D eigenvalue weighted by Gasteiger charge is 2.31. The Kier molecular flexibility index (Phi) is 7.12. The van der Waals surface area contributed by atoms with Crippen molar-refractivity contribution in [2.45, 2.75) is 23.8 Å². The van der Waals surface area contributed by atoms with E-state index < -0.39 is 0 Å². The summed E-state index contributed by atoms with van der Waals surface area (Å²) in [5, 5.41) is 3.64. The van der Waals surface area contributed by atoms with Crippen LogP contribution in [0.5, 0.6) is 0 Å². The number of rotatable bonds is 6. The van der Waals surface area contributed by atoms with Crippen LogP contribution in [0.4, 0.5) is 0 Å². The zero-order chi connectivity index (χ0) is 19.9. The van der Waals surface area contributed by atoms with Gasteiger partial charge in [-0.2, -0.15) is 0 Å². The highest BCUT2D eigenvalue weighted by atomic mass is 32.2. The number of benzene rings is 2. The van der Waals surface area contributed by atoms with Crippen LogP contribution in [0.3, 0.4) is 0 Å². The van der Waals surface area contributed by atoms with Crippen molar-refractivity contribution >= 4 is 17.7 Å². The fourth-order valence-corrected chi connectivity index (χ4v) is 5.35. The average Bonchev–Trinajstić information content (AvgIpc) is 3.44. The first kappa shape index (κ1) is 20.3. The van der Waals surface area contributed by atoms with Gasteiger partial charge in [-0.25, -0.2) is 0 Å². The summed E-state index contributed by atoms with van der Waals surface area (Å²) in [6.07, 6.45) is 2.52. The molecule has 2 aromatic rings. The van der Waals surface area contributed by atoms with Crippen LogP contribution in [0, 0.1) is 11.8 Å². The molecule has 2 heterocycles. The summed E-state index contributed by atoms with van der Waals surface area (Å²) in [6.45, 7) is 3.92. The Morgan fingerprint density at radius 2 is 1.86 bits per heavy atom. The molecule has 154 valence electrons. The van der Waals surface area contributed by atoms with Gasteiger partial charge in [-0.15, -0.1) is 11.8 Å². The Bertz CT molecular complexity index is 783. The van der Waals surface area contributed by atoms with E-state index >= 15 is 0 Å². The molecule has 2 aliphatic heterocycles. The first-order valence-corrected chi connectivity index (χ1v) is 11.6. The zero-order valence-electron chi connectivity index (χ0n) is 17.2. The van der Waals surface area contributed by atoms with Crippen LogP contribution in [0.1, 0.15) is 24.5 Å². The molecule has 0 radical (unpaired) electrons. The van der Waals surface area contributed by atoms with Crippen molar-refractivity contribution in [3.63, 3.8) is 0 Å². The standard InChI is InChI=1S/C24H31N3OS/c1-25-24(26-16-21-13-15-28-23(21)20-8-4-2-5-9-20)27-14-12-19(17-27)18-29-22-10-6-3-7-11-22/h2-11,19,21,23H,12-18H2,1H3,(H,25,26). The Hall–Kier alpha value is -1.98. The maximum Gasteiger partial charge on any atom is 0.193 e. The smallest absolute Gasteiger partial charge is 0.193 e. The molecule has 2 aliphatic rings. The molecule has 2 saturated heterocycles. The number of thioether (sulfide) groups is 1. The molecule has 3 atom stereocenters. The molecule has 0 saturated carbocycles. The van der Waals surface area contributed by atoms with E-state index in [1.165, 1.54) is 22.6 Å². The van der Waals surface area contributed by atoms with Crippen molar-refractivity contribution in [2.24, 2.45) is 16.8 Å². The fraction of sp³-hybridized carbons (Fsp3) is 0.458. The van der Waals surface area contributed by atoms with E-state index in [0.29, 0.717) is 11.8 Å². The normalized spacial score (nSPS) is 24.8. The summed E-state index contributed by atoms with van der Waals surface area (Å²) in [4.78, 5) is 8.35. The molecule has 0 bridgehead atoms. The Labute approximate surface area is 178 Å². The van der Waals surface area contributed by atoms with Gasteiger partial charge in [0.1, 0.15) is 0 Å². The summed E-state index contributed by atoms with van der Waals surface area (Å²) < 4.78 is 6.04. The van der Waals surface area contributed by atoms with Crippen LogP contribution >= 0.6 is 11.8 Å². The monoisotopic (exact) mass is 409 g/mol. The molecule has 1 N–H and O–H groups in total. The molecule has 5 heteroatoms. The van der Waals surface area contributed by atoms with Crippen molar-refractivity contribution < 1.29 is 4.74 Å². The van der Waals surface area contributed by atoms with E-state index in [9.17, 15) is 0 Å². The second-order valence-electron chi connectivity index (χ2n) is 7.90. The van der Waals surface area contributed by atoms with Crippen LogP contribution in [0.15, 0.2) is 70.6 Å². The van der Waals surface area contributed by atoms with E-state index in [1.54, 1.807) is 0 Å². The maximum atomic E-state index is 6.04. The lowest BCUT2D eigenvalue weighted by Crippen LogP contribution is -2.42. The predicted octanol–water partition coefficient (Wildman–Crippen LogP) is 4.45. The third kappa shape index (κ3) is 5.34. The lowest BCUT2D eigenvalue weighted by atomic mass is 9.95. The van der Waals surface area contributed by atoms with Gasteiger partial charge >= 0.3 is 0 Å². The highest BCUT2D eigenvalue weighted by Crippen LogP contribution is 2.34. The molecule has 0 aromatic heterocycles. The van der Waals surface area contributed by atoms with Crippen LogP contribution in [0.2, 0.25) is 0 Å². The average molecular weight is 410 g/mol. The van der Waals surface area contributed by atoms with Gasteiger partial charge in [0.15, 0.2) is 5.96 Å². The topological polar surface area (TPSA) is 36.9 Å². The second-order valence-corrected chi connectivity index (χ2v) is 9.00. The molecule has 2 aromatic carbocycles. The number of aliphatic imine (C=N–C) groups is 1. The number of hydrogen-bond acceptors (Lipinski definition) is 3. The highest BCUT2D eigenvalue weighted by molar-refractivity contribution is 7.99. The van der Waals surface area contributed by atoms with Gasteiger partial charge in [0.25, 0.3) is 0 Å². The lowest BCUT2D eigenvalue weighted by Gasteiger charge is -2.25. The molecular formula is C24H31N3OS. The second kappa shape index (κ2) is 10.2. The van der Waals surface area contributed by atoms with Gasteiger partial charge in [-0.3, -0.25) is 4.99 Å². The van der Waals surface area contributed by atoms with Crippen molar-refractivity contribution in [1.29, 1.82) is 0 Å². The number of nitrogens with zero attached hydrogens (tertiary/aromatic N) is 2. The molecule has 29 heavy (non-hydrogen) atoms. The van der Waals surface area contributed by atoms with Gasteiger partial charge < -0.3 is 15.0 Å². The largest absolute Gasteiger partial charge is 0.373 e. The molecule has 2 fully saturated rings. The summed E-state index contributed by atoms with van der Waals surface area (Å²) in [6, 6.07) is 21.3. The van der Waals surface area contributed by atoms with Crippen LogP contribution in [-0.2, 0) is 4.74 Å². The SMILES string of the molecule is CN=C(NCC1CCOC1c1ccccc1)N1CCC(CSc2ccccc2)C1. The molecule has 4 nitrogen and oxygen atoms in total. The number of nitrogens with one attached hydrogen (secondary N) is 1.